The van der Waals surface area contributed by atoms with Crippen molar-refractivity contribution in [1.29, 1.82) is 0 Å². The zero-order valence-electron chi connectivity index (χ0n) is 13.3. The van der Waals surface area contributed by atoms with E-state index in [0.717, 1.165) is 18.8 Å². The molecule has 3 rings (SSSR count). The van der Waals surface area contributed by atoms with Crippen molar-refractivity contribution < 1.29 is 4.79 Å². The normalized spacial score (nSPS) is 33.5. The van der Waals surface area contributed by atoms with Crippen molar-refractivity contribution in [1.82, 2.24) is 10.2 Å². The van der Waals surface area contributed by atoms with E-state index in [0.29, 0.717) is 18.5 Å². The quantitative estimate of drug-likeness (QED) is 0.905. The molecule has 0 radical (unpaired) electrons. The fraction of sp³-hybridized carbons (Fsp3) is 0.611. The number of hydrogen-bond acceptors (Lipinski definition) is 2. The molecule has 21 heavy (non-hydrogen) atoms. The third-order valence-corrected chi connectivity index (χ3v) is 5.37. The van der Waals surface area contributed by atoms with Gasteiger partial charge in [-0.25, -0.2) is 0 Å². The van der Waals surface area contributed by atoms with Crippen molar-refractivity contribution in [3.63, 3.8) is 0 Å². The average molecular weight is 286 g/mol. The van der Waals surface area contributed by atoms with Gasteiger partial charge < -0.3 is 4.90 Å². The first-order valence-electron chi connectivity index (χ1n) is 8.17. The molecule has 0 aromatic heterocycles. The molecule has 1 aliphatic heterocycles. The molecule has 1 aliphatic carbocycles. The molecular formula is C18H26N2O. The molecule has 1 heterocycles. The summed E-state index contributed by atoms with van der Waals surface area (Å²) >= 11 is 0. The minimum absolute atomic E-state index is 0.0590. The smallest absolute Gasteiger partial charge is 0.238 e. The van der Waals surface area contributed by atoms with Crippen LogP contribution in [-0.2, 0) is 4.79 Å². The third kappa shape index (κ3) is 2.84. The minimum atomic E-state index is 0.0590. The summed E-state index contributed by atoms with van der Waals surface area (Å²) in [5.74, 6) is 1.74. The summed E-state index contributed by atoms with van der Waals surface area (Å²) in [7, 11) is 0. The molecule has 2 aliphatic rings. The van der Waals surface area contributed by atoms with E-state index in [1.165, 1.54) is 17.5 Å². The molecule has 0 spiro atoms. The molecule has 1 aromatic carbocycles. The maximum atomic E-state index is 12.4. The van der Waals surface area contributed by atoms with Gasteiger partial charge in [-0.1, -0.05) is 43.7 Å². The average Bonchev–Trinajstić information content (AvgIpc) is 2.85. The highest BCUT2D eigenvalue weighted by atomic mass is 16.2. The van der Waals surface area contributed by atoms with Crippen LogP contribution in [0.4, 0.5) is 0 Å². The third-order valence-electron chi connectivity index (χ3n) is 5.37. The number of nitrogens with one attached hydrogen (secondary N) is 1. The van der Waals surface area contributed by atoms with E-state index in [9.17, 15) is 4.79 Å². The first-order chi connectivity index (χ1) is 10.1. The molecule has 3 nitrogen and oxygen atoms in total. The van der Waals surface area contributed by atoms with Crippen molar-refractivity contribution in [2.24, 2.45) is 11.8 Å². The van der Waals surface area contributed by atoms with Crippen LogP contribution in [0, 0.1) is 18.8 Å². The van der Waals surface area contributed by atoms with Gasteiger partial charge in [0.2, 0.25) is 5.91 Å². The summed E-state index contributed by atoms with van der Waals surface area (Å²) in [6.07, 6.45) is 3.57. The van der Waals surface area contributed by atoms with Gasteiger partial charge in [-0.05, 0) is 43.6 Å². The minimum Gasteiger partial charge on any atom is -0.319 e. The predicted octanol–water partition coefficient (Wildman–Crippen LogP) is 3.25. The SMILES string of the molecule is Cc1ccc(C2NCC(=O)N2C2CCC(C)C(C)C2)cc1. The standard InChI is InChI=1S/C18H26N2O/c1-12-4-7-15(8-5-12)18-19-11-17(21)20(18)16-9-6-13(2)14(3)10-16/h4-5,7-8,13-14,16,18-19H,6,9-11H2,1-3H3. The number of aryl methyl sites for hydroxylation is 1. The highest BCUT2D eigenvalue weighted by Crippen LogP contribution is 2.36. The summed E-state index contributed by atoms with van der Waals surface area (Å²) in [5.41, 5.74) is 2.47. The van der Waals surface area contributed by atoms with Crippen LogP contribution < -0.4 is 5.32 Å². The van der Waals surface area contributed by atoms with Crippen LogP contribution in [0.5, 0.6) is 0 Å². The zero-order chi connectivity index (χ0) is 15.0. The number of carbonyl (C=O) groups excluding carboxylic acids is 1. The maximum absolute atomic E-state index is 12.4. The van der Waals surface area contributed by atoms with E-state index in [-0.39, 0.29) is 12.1 Å². The molecule has 1 saturated carbocycles. The Bertz CT molecular complexity index is 510. The van der Waals surface area contributed by atoms with E-state index < -0.39 is 0 Å². The van der Waals surface area contributed by atoms with E-state index >= 15 is 0 Å². The Morgan fingerprint density at radius 3 is 2.48 bits per heavy atom. The van der Waals surface area contributed by atoms with Crippen LogP contribution >= 0.6 is 0 Å². The number of carbonyl (C=O) groups is 1. The van der Waals surface area contributed by atoms with Gasteiger partial charge in [0.1, 0.15) is 6.17 Å². The van der Waals surface area contributed by atoms with Crippen LogP contribution in [-0.4, -0.2) is 23.4 Å². The van der Waals surface area contributed by atoms with E-state index in [1.807, 2.05) is 0 Å². The second-order valence-electron chi connectivity index (χ2n) is 6.92. The van der Waals surface area contributed by atoms with E-state index in [2.05, 4.69) is 55.3 Å². The highest BCUT2D eigenvalue weighted by molar-refractivity contribution is 5.81. The Balaban J connectivity index is 1.81. The molecule has 114 valence electrons. The van der Waals surface area contributed by atoms with Crippen LogP contribution in [0.2, 0.25) is 0 Å². The number of amides is 1. The molecule has 0 bridgehead atoms. The summed E-state index contributed by atoms with van der Waals surface area (Å²) in [6.45, 7) is 7.23. The van der Waals surface area contributed by atoms with Gasteiger partial charge >= 0.3 is 0 Å². The second kappa shape index (κ2) is 5.80. The number of nitrogens with zero attached hydrogens (tertiary/aromatic N) is 1. The van der Waals surface area contributed by atoms with Crippen molar-refractivity contribution in [3.05, 3.63) is 35.4 Å². The van der Waals surface area contributed by atoms with Crippen LogP contribution in [0.15, 0.2) is 24.3 Å². The predicted molar refractivity (Wildman–Crippen MR) is 84.7 cm³/mol. The zero-order valence-corrected chi connectivity index (χ0v) is 13.3. The van der Waals surface area contributed by atoms with Crippen LogP contribution in [0.3, 0.4) is 0 Å². The molecule has 4 atom stereocenters. The topological polar surface area (TPSA) is 32.3 Å². The Kier molecular flexibility index (Phi) is 4.03. The lowest BCUT2D eigenvalue weighted by Gasteiger charge is -2.40. The summed E-state index contributed by atoms with van der Waals surface area (Å²) in [4.78, 5) is 14.5. The first kappa shape index (κ1) is 14.6. The summed E-state index contributed by atoms with van der Waals surface area (Å²) in [6, 6.07) is 8.94. The molecule has 1 saturated heterocycles. The van der Waals surface area contributed by atoms with Crippen LogP contribution in [0.25, 0.3) is 0 Å². The summed E-state index contributed by atoms with van der Waals surface area (Å²) in [5, 5.41) is 3.39. The van der Waals surface area contributed by atoms with Gasteiger partial charge in [0.25, 0.3) is 0 Å². The molecule has 4 unspecified atom stereocenters. The fourth-order valence-electron chi connectivity index (χ4n) is 3.73. The van der Waals surface area contributed by atoms with Gasteiger partial charge in [-0.2, -0.15) is 0 Å². The first-order valence-corrected chi connectivity index (χ1v) is 8.17. The van der Waals surface area contributed by atoms with Crippen molar-refractivity contribution in [2.75, 3.05) is 6.54 Å². The lowest BCUT2D eigenvalue weighted by atomic mass is 9.78. The van der Waals surface area contributed by atoms with Crippen molar-refractivity contribution >= 4 is 5.91 Å². The van der Waals surface area contributed by atoms with Crippen LogP contribution in [0.1, 0.15) is 50.4 Å². The second-order valence-corrected chi connectivity index (χ2v) is 6.92. The fourth-order valence-corrected chi connectivity index (χ4v) is 3.73. The van der Waals surface area contributed by atoms with Crippen molar-refractivity contribution in [2.45, 2.75) is 52.2 Å². The molecule has 3 heteroatoms. The van der Waals surface area contributed by atoms with Gasteiger partial charge in [0.05, 0.1) is 6.54 Å². The Hall–Kier alpha value is -1.35. The monoisotopic (exact) mass is 286 g/mol. The number of rotatable bonds is 2. The van der Waals surface area contributed by atoms with E-state index in [4.69, 9.17) is 0 Å². The van der Waals surface area contributed by atoms with Gasteiger partial charge in [-0.15, -0.1) is 0 Å². The van der Waals surface area contributed by atoms with E-state index in [1.54, 1.807) is 0 Å². The molecule has 2 fully saturated rings. The number of benzene rings is 1. The molecular weight excluding hydrogens is 260 g/mol. The largest absolute Gasteiger partial charge is 0.319 e. The lowest BCUT2D eigenvalue weighted by molar-refractivity contribution is -0.131. The molecule has 1 N–H and O–H groups in total. The number of hydrogen-bond donors (Lipinski definition) is 1. The van der Waals surface area contributed by atoms with Gasteiger partial charge in [0, 0.05) is 6.04 Å². The Labute approximate surface area is 127 Å². The highest BCUT2D eigenvalue weighted by Gasteiger charge is 2.39. The molecule has 1 amide bonds. The van der Waals surface area contributed by atoms with Gasteiger partial charge in [0.15, 0.2) is 0 Å². The van der Waals surface area contributed by atoms with Gasteiger partial charge in [-0.3, -0.25) is 10.1 Å². The molecule has 1 aromatic rings. The summed E-state index contributed by atoms with van der Waals surface area (Å²) < 4.78 is 0. The Morgan fingerprint density at radius 1 is 1.10 bits per heavy atom. The maximum Gasteiger partial charge on any atom is 0.238 e. The lowest BCUT2D eigenvalue weighted by Crippen LogP contribution is -2.43. The van der Waals surface area contributed by atoms with Crippen molar-refractivity contribution in [3.8, 4) is 0 Å². The Morgan fingerprint density at radius 2 is 1.81 bits per heavy atom.